The van der Waals surface area contributed by atoms with Crippen molar-refractivity contribution < 1.29 is 9.53 Å². The summed E-state index contributed by atoms with van der Waals surface area (Å²) in [5, 5.41) is 2.99. The topological polar surface area (TPSA) is 38.3 Å². The van der Waals surface area contributed by atoms with Gasteiger partial charge in [0.2, 0.25) is 5.91 Å². The fourth-order valence-corrected chi connectivity index (χ4v) is 2.32. The van der Waals surface area contributed by atoms with Crippen molar-refractivity contribution in [2.75, 3.05) is 13.2 Å². The monoisotopic (exact) mass is 305 g/mol. The number of hydrogen-bond acceptors (Lipinski definition) is 2. The van der Waals surface area contributed by atoms with Crippen molar-refractivity contribution in [3.8, 4) is 5.75 Å². The molecule has 1 amide bonds. The zero-order valence-electron chi connectivity index (χ0n) is 14.0. The summed E-state index contributed by atoms with van der Waals surface area (Å²) >= 11 is 0. The summed E-state index contributed by atoms with van der Waals surface area (Å²) in [5.74, 6) is 1.16. The molecule has 0 spiro atoms. The zero-order valence-corrected chi connectivity index (χ0v) is 14.0. The number of nitrogens with one attached hydrogen (secondary N) is 1. The van der Waals surface area contributed by atoms with Crippen LogP contribution in [0, 0.1) is 0 Å². The molecule has 0 unspecified atom stereocenters. The summed E-state index contributed by atoms with van der Waals surface area (Å²) in [4.78, 5) is 11.6. The van der Waals surface area contributed by atoms with E-state index < -0.39 is 0 Å². The first-order valence-corrected chi connectivity index (χ1v) is 8.77. The first-order chi connectivity index (χ1) is 10.8. The van der Waals surface area contributed by atoms with Crippen LogP contribution in [0.25, 0.3) is 0 Å². The summed E-state index contributed by atoms with van der Waals surface area (Å²) in [5.41, 5.74) is 0. The van der Waals surface area contributed by atoms with Crippen LogP contribution in [-0.2, 0) is 4.79 Å². The molecule has 1 aromatic rings. The smallest absolute Gasteiger partial charge is 0.219 e. The lowest BCUT2D eigenvalue weighted by Gasteiger charge is -2.06. The maximum absolute atomic E-state index is 11.6. The lowest BCUT2D eigenvalue weighted by atomic mass is 10.1. The maximum Gasteiger partial charge on any atom is 0.219 e. The van der Waals surface area contributed by atoms with Gasteiger partial charge in [-0.3, -0.25) is 4.79 Å². The number of carbonyl (C=O) groups is 1. The lowest BCUT2D eigenvalue weighted by molar-refractivity contribution is -0.121. The van der Waals surface area contributed by atoms with Crippen molar-refractivity contribution in [1.29, 1.82) is 0 Å². The zero-order chi connectivity index (χ0) is 15.9. The minimum Gasteiger partial charge on any atom is -0.494 e. The third-order valence-electron chi connectivity index (χ3n) is 3.66. The van der Waals surface area contributed by atoms with E-state index in [9.17, 15) is 4.79 Å². The molecule has 1 aromatic carbocycles. The van der Waals surface area contributed by atoms with E-state index >= 15 is 0 Å². The second-order valence-corrected chi connectivity index (χ2v) is 5.74. The van der Waals surface area contributed by atoms with Gasteiger partial charge in [-0.25, -0.2) is 0 Å². The standard InChI is InChI=1S/C19H31NO2/c1-2-3-11-16-20-19(21)15-10-5-4-6-12-17-22-18-13-8-7-9-14-18/h7-9,13-14H,2-6,10-12,15-17H2,1H3,(H,20,21). The van der Waals surface area contributed by atoms with Gasteiger partial charge in [-0.2, -0.15) is 0 Å². The highest BCUT2D eigenvalue weighted by molar-refractivity contribution is 5.75. The number of rotatable bonds is 13. The van der Waals surface area contributed by atoms with Gasteiger partial charge in [0, 0.05) is 13.0 Å². The number of ether oxygens (including phenoxy) is 1. The van der Waals surface area contributed by atoms with E-state index in [0.717, 1.165) is 44.6 Å². The van der Waals surface area contributed by atoms with E-state index in [4.69, 9.17) is 4.74 Å². The largest absolute Gasteiger partial charge is 0.494 e. The van der Waals surface area contributed by atoms with Crippen molar-refractivity contribution in [3.63, 3.8) is 0 Å². The Balaban J connectivity index is 1.84. The maximum atomic E-state index is 11.6. The van der Waals surface area contributed by atoms with Crippen molar-refractivity contribution in [2.45, 2.75) is 64.7 Å². The number of para-hydroxylation sites is 1. The molecule has 0 bridgehead atoms. The molecule has 0 atom stereocenters. The van der Waals surface area contributed by atoms with Crippen LogP contribution >= 0.6 is 0 Å². The first-order valence-electron chi connectivity index (χ1n) is 8.77. The van der Waals surface area contributed by atoms with Crippen LogP contribution in [0.5, 0.6) is 5.75 Å². The summed E-state index contributed by atoms with van der Waals surface area (Å²) in [6.45, 7) is 3.79. The summed E-state index contributed by atoms with van der Waals surface area (Å²) in [6, 6.07) is 9.94. The van der Waals surface area contributed by atoms with Gasteiger partial charge in [0.05, 0.1) is 6.61 Å². The minimum atomic E-state index is 0.212. The third-order valence-corrected chi connectivity index (χ3v) is 3.66. The molecule has 0 saturated heterocycles. The molecule has 1 N–H and O–H groups in total. The fraction of sp³-hybridized carbons (Fsp3) is 0.632. The van der Waals surface area contributed by atoms with Crippen LogP contribution in [0.3, 0.4) is 0 Å². The van der Waals surface area contributed by atoms with Gasteiger partial charge in [0.1, 0.15) is 5.75 Å². The first kappa shape index (κ1) is 18.5. The van der Waals surface area contributed by atoms with Crippen LogP contribution in [-0.4, -0.2) is 19.1 Å². The SMILES string of the molecule is CCCCCNC(=O)CCCCCCCOc1ccccc1. The van der Waals surface area contributed by atoms with E-state index in [2.05, 4.69) is 12.2 Å². The molecule has 124 valence electrons. The van der Waals surface area contributed by atoms with E-state index in [-0.39, 0.29) is 5.91 Å². The molecule has 0 radical (unpaired) electrons. The molecule has 0 aromatic heterocycles. The van der Waals surface area contributed by atoms with Crippen molar-refractivity contribution in [2.24, 2.45) is 0 Å². The van der Waals surface area contributed by atoms with E-state index in [0.29, 0.717) is 6.42 Å². The van der Waals surface area contributed by atoms with E-state index in [1.54, 1.807) is 0 Å². The summed E-state index contributed by atoms with van der Waals surface area (Å²) in [6.07, 6.45) is 9.74. The molecule has 0 fully saturated rings. The van der Waals surface area contributed by atoms with Crippen molar-refractivity contribution in [1.82, 2.24) is 5.32 Å². The van der Waals surface area contributed by atoms with Gasteiger partial charge in [0.25, 0.3) is 0 Å². The fourth-order valence-electron chi connectivity index (χ4n) is 2.32. The molecule has 1 rings (SSSR count). The molecule has 0 aliphatic carbocycles. The van der Waals surface area contributed by atoms with Crippen LogP contribution in [0.15, 0.2) is 30.3 Å². The Kier molecular flexibility index (Phi) is 11.1. The Bertz CT molecular complexity index is 378. The minimum absolute atomic E-state index is 0.212. The number of amides is 1. The molecule has 22 heavy (non-hydrogen) atoms. The predicted octanol–water partition coefficient (Wildman–Crippen LogP) is 4.71. The number of unbranched alkanes of at least 4 members (excludes halogenated alkanes) is 6. The van der Waals surface area contributed by atoms with E-state index in [1.807, 2.05) is 30.3 Å². The Hall–Kier alpha value is -1.51. The molecular weight excluding hydrogens is 274 g/mol. The summed E-state index contributed by atoms with van der Waals surface area (Å²) in [7, 11) is 0. The number of hydrogen-bond donors (Lipinski definition) is 1. The number of benzene rings is 1. The number of carbonyl (C=O) groups excluding carboxylic acids is 1. The predicted molar refractivity (Wildman–Crippen MR) is 92.2 cm³/mol. The second kappa shape index (κ2) is 13.2. The Labute approximate surface area is 135 Å². The van der Waals surface area contributed by atoms with E-state index in [1.165, 1.54) is 25.7 Å². The lowest BCUT2D eigenvalue weighted by Crippen LogP contribution is -2.23. The average molecular weight is 305 g/mol. The molecule has 0 saturated carbocycles. The molecule has 3 heteroatoms. The molecule has 0 aliphatic rings. The van der Waals surface area contributed by atoms with Gasteiger partial charge in [0.15, 0.2) is 0 Å². The van der Waals surface area contributed by atoms with Gasteiger partial charge in [-0.05, 0) is 31.4 Å². The van der Waals surface area contributed by atoms with Crippen LogP contribution in [0.1, 0.15) is 64.7 Å². The normalized spacial score (nSPS) is 10.4. The molecule has 0 heterocycles. The van der Waals surface area contributed by atoms with Crippen LogP contribution < -0.4 is 10.1 Å². The highest BCUT2D eigenvalue weighted by Gasteiger charge is 2.00. The molecule has 3 nitrogen and oxygen atoms in total. The van der Waals surface area contributed by atoms with Crippen molar-refractivity contribution >= 4 is 5.91 Å². The highest BCUT2D eigenvalue weighted by Crippen LogP contribution is 2.10. The second-order valence-electron chi connectivity index (χ2n) is 5.74. The Morgan fingerprint density at radius 2 is 1.68 bits per heavy atom. The average Bonchev–Trinajstić information content (AvgIpc) is 2.55. The quantitative estimate of drug-likeness (QED) is 0.536. The highest BCUT2D eigenvalue weighted by atomic mass is 16.5. The summed E-state index contributed by atoms with van der Waals surface area (Å²) < 4.78 is 5.65. The third kappa shape index (κ3) is 10.3. The Morgan fingerprint density at radius 3 is 2.45 bits per heavy atom. The Morgan fingerprint density at radius 1 is 0.955 bits per heavy atom. The van der Waals surface area contributed by atoms with Crippen LogP contribution in [0.4, 0.5) is 0 Å². The van der Waals surface area contributed by atoms with Gasteiger partial charge in [-0.15, -0.1) is 0 Å². The van der Waals surface area contributed by atoms with Gasteiger partial charge >= 0.3 is 0 Å². The van der Waals surface area contributed by atoms with Gasteiger partial charge < -0.3 is 10.1 Å². The molecule has 0 aliphatic heterocycles. The van der Waals surface area contributed by atoms with Crippen LogP contribution in [0.2, 0.25) is 0 Å². The van der Waals surface area contributed by atoms with Gasteiger partial charge in [-0.1, -0.05) is 57.2 Å². The molecular formula is C19H31NO2. The van der Waals surface area contributed by atoms with Crippen molar-refractivity contribution in [3.05, 3.63) is 30.3 Å².